The molecule has 1 aromatic rings. The number of carbonyl (C=O) groups excluding carboxylic acids is 1. The second-order valence-corrected chi connectivity index (χ2v) is 4.86. The van der Waals surface area contributed by atoms with Crippen LogP contribution >= 0.6 is 0 Å². The van der Waals surface area contributed by atoms with E-state index in [0.717, 1.165) is 24.5 Å². The highest BCUT2D eigenvalue weighted by molar-refractivity contribution is 5.82. The molecule has 1 heterocycles. The Labute approximate surface area is 97.0 Å². The number of furan rings is 1. The van der Waals surface area contributed by atoms with Gasteiger partial charge in [-0.25, -0.2) is 0 Å². The third-order valence-electron chi connectivity index (χ3n) is 3.74. The number of rotatable bonds is 4. The number of hydrogen-bond acceptors (Lipinski definition) is 2. The quantitative estimate of drug-likeness (QED) is 0.776. The second-order valence-electron chi connectivity index (χ2n) is 4.86. The third-order valence-corrected chi connectivity index (χ3v) is 3.74. The van der Waals surface area contributed by atoms with Gasteiger partial charge in [-0.05, 0) is 30.9 Å². The molecule has 0 spiro atoms. The Bertz CT molecular complexity index is 327. The maximum Gasteiger partial charge on any atom is 0.143 e. The fraction of sp³-hybridized carbons (Fsp3) is 0.643. The zero-order valence-corrected chi connectivity index (χ0v) is 9.95. The lowest BCUT2D eigenvalue weighted by Gasteiger charge is -2.27. The summed E-state index contributed by atoms with van der Waals surface area (Å²) in [4.78, 5) is 12.1. The molecule has 0 amide bonds. The Kier molecular flexibility index (Phi) is 3.81. The maximum absolute atomic E-state index is 12.1. The Morgan fingerprint density at radius 1 is 1.50 bits per heavy atom. The van der Waals surface area contributed by atoms with Crippen LogP contribution < -0.4 is 0 Å². The van der Waals surface area contributed by atoms with Crippen molar-refractivity contribution in [2.45, 2.75) is 45.4 Å². The summed E-state index contributed by atoms with van der Waals surface area (Å²) in [5, 5.41) is 0. The molecule has 2 heteroatoms. The molecule has 2 atom stereocenters. The molecule has 2 rings (SSSR count). The first-order valence-electron chi connectivity index (χ1n) is 6.34. The van der Waals surface area contributed by atoms with Crippen LogP contribution in [0, 0.1) is 11.8 Å². The minimum atomic E-state index is 0.281. The van der Waals surface area contributed by atoms with Crippen molar-refractivity contribution in [1.82, 2.24) is 0 Å². The fourth-order valence-electron chi connectivity index (χ4n) is 2.68. The van der Waals surface area contributed by atoms with Crippen molar-refractivity contribution < 1.29 is 9.21 Å². The highest BCUT2D eigenvalue weighted by Gasteiger charge is 2.26. The Morgan fingerprint density at radius 2 is 2.38 bits per heavy atom. The van der Waals surface area contributed by atoms with Gasteiger partial charge in [0, 0.05) is 5.92 Å². The molecule has 1 aliphatic rings. The standard InChI is InChI=1S/C14H20O2/c1-2-11-5-3-6-12(9-11)14(15)10-13-7-4-8-16-13/h4,7-8,11-12H,2-3,5-6,9-10H2,1H3. The van der Waals surface area contributed by atoms with Gasteiger partial charge >= 0.3 is 0 Å². The van der Waals surface area contributed by atoms with Gasteiger partial charge < -0.3 is 4.42 Å². The molecule has 0 aliphatic heterocycles. The first kappa shape index (κ1) is 11.4. The smallest absolute Gasteiger partial charge is 0.143 e. The van der Waals surface area contributed by atoms with Gasteiger partial charge in [0.15, 0.2) is 0 Å². The van der Waals surface area contributed by atoms with E-state index < -0.39 is 0 Å². The van der Waals surface area contributed by atoms with Gasteiger partial charge in [-0.1, -0.05) is 26.2 Å². The first-order chi connectivity index (χ1) is 7.79. The number of Topliss-reactive ketones (excluding diaryl/α,β-unsaturated/α-hetero) is 1. The summed E-state index contributed by atoms with van der Waals surface area (Å²) in [6, 6.07) is 3.73. The highest BCUT2D eigenvalue weighted by atomic mass is 16.3. The largest absolute Gasteiger partial charge is 0.469 e. The van der Waals surface area contributed by atoms with Gasteiger partial charge in [0.1, 0.15) is 11.5 Å². The lowest BCUT2D eigenvalue weighted by molar-refractivity contribution is -0.123. The minimum absolute atomic E-state index is 0.281. The van der Waals surface area contributed by atoms with Crippen molar-refractivity contribution in [3.63, 3.8) is 0 Å². The van der Waals surface area contributed by atoms with Crippen LogP contribution in [-0.2, 0) is 11.2 Å². The summed E-state index contributed by atoms with van der Waals surface area (Å²) in [7, 11) is 0. The van der Waals surface area contributed by atoms with Crippen LogP contribution in [0.4, 0.5) is 0 Å². The molecule has 2 unspecified atom stereocenters. The van der Waals surface area contributed by atoms with Crippen molar-refractivity contribution in [3.05, 3.63) is 24.2 Å². The molecule has 0 radical (unpaired) electrons. The van der Waals surface area contributed by atoms with Crippen molar-refractivity contribution in [3.8, 4) is 0 Å². The molecule has 1 aliphatic carbocycles. The van der Waals surface area contributed by atoms with Crippen LogP contribution in [0.1, 0.15) is 44.8 Å². The van der Waals surface area contributed by atoms with Gasteiger partial charge in [0.05, 0.1) is 12.7 Å². The predicted octanol–water partition coefficient (Wildman–Crippen LogP) is 3.61. The van der Waals surface area contributed by atoms with Crippen molar-refractivity contribution in [1.29, 1.82) is 0 Å². The summed E-state index contributed by atoms with van der Waals surface area (Å²) < 4.78 is 5.23. The van der Waals surface area contributed by atoms with Gasteiger partial charge in [-0.3, -0.25) is 4.79 Å². The van der Waals surface area contributed by atoms with E-state index in [1.54, 1.807) is 6.26 Å². The summed E-state index contributed by atoms with van der Waals surface area (Å²) in [5.41, 5.74) is 0. The van der Waals surface area contributed by atoms with Gasteiger partial charge in [0.2, 0.25) is 0 Å². The Morgan fingerprint density at radius 3 is 3.06 bits per heavy atom. The molecule has 16 heavy (non-hydrogen) atoms. The van der Waals surface area contributed by atoms with Crippen LogP contribution in [-0.4, -0.2) is 5.78 Å². The third kappa shape index (κ3) is 2.75. The zero-order valence-electron chi connectivity index (χ0n) is 9.95. The van der Waals surface area contributed by atoms with E-state index in [2.05, 4.69) is 6.92 Å². The summed E-state index contributed by atoms with van der Waals surface area (Å²) in [6.07, 6.45) is 8.02. The molecular formula is C14H20O2. The fourth-order valence-corrected chi connectivity index (χ4v) is 2.68. The average Bonchev–Trinajstić information content (AvgIpc) is 2.82. The molecule has 1 aromatic heterocycles. The molecule has 0 bridgehead atoms. The van der Waals surface area contributed by atoms with Crippen molar-refractivity contribution in [2.75, 3.05) is 0 Å². The van der Waals surface area contributed by atoms with E-state index in [4.69, 9.17) is 4.42 Å². The van der Waals surface area contributed by atoms with Gasteiger partial charge in [-0.2, -0.15) is 0 Å². The lowest BCUT2D eigenvalue weighted by Crippen LogP contribution is -2.23. The zero-order chi connectivity index (χ0) is 11.4. The molecule has 0 saturated heterocycles. The average molecular weight is 220 g/mol. The topological polar surface area (TPSA) is 30.2 Å². The Hall–Kier alpha value is -1.05. The molecule has 0 aromatic carbocycles. The van der Waals surface area contributed by atoms with Crippen LogP contribution in [0.3, 0.4) is 0 Å². The minimum Gasteiger partial charge on any atom is -0.469 e. The number of carbonyl (C=O) groups is 1. The lowest BCUT2D eigenvalue weighted by atomic mass is 9.77. The highest BCUT2D eigenvalue weighted by Crippen LogP contribution is 2.32. The van der Waals surface area contributed by atoms with E-state index in [9.17, 15) is 4.79 Å². The van der Waals surface area contributed by atoms with Crippen molar-refractivity contribution in [2.24, 2.45) is 11.8 Å². The molecule has 2 nitrogen and oxygen atoms in total. The monoisotopic (exact) mass is 220 g/mol. The predicted molar refractivity (Wildman–Crippen MR) is 63.2 cm³/mol. The number of ketones is 1. The maximum atomic E-state index is 12.1. The SMILES string of the molecule is CCC1CCCC(C(=O)Cc2ccco2)C1. The molecule has 1 saturated carbocycles. The first-order valence-corrected chi connectivity index (χ1v) is 6.34. The van der Waals surface area contributed by atoms with Crippen molar-refractivity contribution >= 4 is 5.78 Å². The second kappa shape index (κ2) is 5.33. The molecular weight excluding hydrogens is 200 g/mol. The van der Waals surface area contributed by atoms with Gasteiger partial charge in [-0.15, -0.1) is 0 Å². The van der Waals surface area contributed by atoms with E-state index >= 15 is 0 Å². The molecule has 88 valence electrons. The summed E-state index contributed by atoms with van der Waals surface area (Å²) in [6.45, 7) is 2.23. The van der Waals surface area contributed by atoms with E-state index in [0.29, 0.717) is 12.2 Å². The van der Waals surface area contributed by atoms with E-state index in [-0.39, 0.29) is 5.92 Å². The normalized spacial score (nSPS) is 25.6. The number of hydrogen-bond donors (Lipinski definition) is 0. The van der Waals surface area contributed by atoms with Crippen LogP contribution in [0.25, 0.3) is 0 Å². The van der Waals surface area contributed by atoms with Gasteiger partial charge in [0.25, 0.3) is 0 Å². The van der Waals surface area contributed by atoms with Crippen LogP contribution in [0.2, 0.25) is 0 Å². The van der Waals surface area contributed by atoms with Crippen LogP contribution in [0.5, 0.6) is 0 Å². The molecule has 1 fully saturated rings. The Balaban J connectivity index is 1.89. The summed E-state index contributed by atoms with van der Waals surface area (Å²) in [5.74, 6) is 2.22. The van der Waals surface area contributed by atoms with E-state index in [1.807, 2.05) is 12.1 Å². The van der Waals surface area contributed by atoms with Crippen LogP contribution in [0.15, 0.2) is 22.8 Å². The molecule has 0 N–H and O–H groups in total. The summed E-state index contributed by atoms with van der Waals surface area (Å²) >= 11 is 0. The van der Waals surface area contributed by atoms with E-state index in [1.165, 1.54) is 19.3 Å².